The van der Waals surface area contributed by atoms with Crippen LogP contribution < -0.4 is 5.32 Å². The Labute approximate surface area is 131 Å². The van der Waals surface area contributed by atoms with Crippen LogP contribution in [0.5, 0.6) is 0 Å². The van der Waals surface area contributed by atoms with Crippen molar-refractivity contribution in [1.29, 1.82) is 0 Å². The minimum absolute atomic E-state index is 0.0843. The van der Waals surface area contributed by atoms with Crippen LogP contribution in [-0.2, 0) is 12.6 Å². The largest absolute Gasteiger partial charge is 0.383 e. The van der Waals surface area contributed by atoms with Gasteiger partial charge >= 0.3 is 0 Å². The number of carbonyl (C=O) groups excluding carboxylic acids is 1. The number of rotatable bonds is 4. The molecule has 0 saturated heterocycles. The molecule has 3 heterocycles. The molecule has 0 aromatic carbocycles. The number of carbonyl (C=O) groups is 1. The van der Waals surface area contributed by atoms with E-state index >= 15 is 0 Å². The zero-order chi connectivity index (χ0) is 15.7. The van der Waals surface area contributed by atoms with E-state index in [1.807, 2.05) is 17.5 Å². The second kappa shape index (κ2) is 5.51. The SMILES string of the molecule is Cn1cc(C(C)(O)CNC(=O)c2nccc3ccsc23)cn1. The van der Waals surface area contributed by atoms with Crippen LogP contribution in [0.2, 0.25) is 0 Å². The predicted molar refractivity (Wildman–Crippen MR) is 84.7 cm³/mol. The van der Waals surface area contributed by atoms with Crippen molar-refractivity contribution in [2.45, 2.75) is 12.5 Å². The Kier molecular flexibility index (Phi) is 3.67. The zero-order valence-electron chi connectivity index (χ0n) is 12.3. The molecule has 22 heavy (non-hydrogen) atoms. The fraction of sp³-hybridized carbons (Fsp3) is 0.267. The Morgan fingerprint density at radius 2 is 2.32 bits per heavy atom. The molecule has 0 fully saturated rings. The zero-order valence-corrected chi connectivity index (χ0v) is 13.1. The summed E-state index contributed by atoms with van der Waals surface area (Å²) < 4.78 is 2.46. The molecule has 0 spiro atoms. The monoisotopic (exact) mass is 316 g/mol. The number of fused-ring (bicyclic) bond motifs is 1. The summed E-state index contributed by atoms with van der Waals surface area (Å²) in [5.41, 5.74) is -0.153. The highest BCUT2D eigenvalue weighted by Crippen LogP contribution is 2.23. The van der Waals surface area contributed by atoms with E-state index in [1.54, 1.807) is 37.2 Å². The molecule has 0 radical (unpaired) electrons. The van der Waals surface area contributed by atoms with Gasteiger partial charge in [0.2, 0.25) is 0 Å². The van der Waals surface area contributed by atoms with Crippen LogP contribution in [0, 0.1) is 0 Å². The molecule has 6 nitrogen and oxygen atoms in total. The average Bonchev–Trinajstić information content (AvgIpc) is 3.13. The number of amides is 1. The van der Waals surface area contributed by atoms with Gasteiger partial charge < -0.3 is 10.4 Å². The van der Waals surface area contributed by atoms with Crippen molar-refractivity contribution in [2.75, 3.05) is 6.54 Å². The van der Waals surface area contributed by atoms with Gasteiger partial charge in [0.25, 0.3) is 5.91 Å². The van der Waals surface area contributed by atoms with Crippen molar-refractivity contribution in [3.63, 3.8) is 0 Å². The van der Waals surface area contributed by atoms with Crippen LogP contribution >= 0.6 is 11.3 Å². The number of thiophene rings is 1. The van der Waals surface area contributed by atoms with Gasteiger partial charge in [-0.2, -0.15) is 5.10 Å². The highest BCUT2D eigenvalue weighted by atomic mass is 32.1. The van der Waals surface area contributed by atoms with E-state index in [2.05, 4.69) is 15.4 Å². The third-order valence-electron chi connectivity index (χ3n) is 3.50. The maximum Gasteiger partial charge on any atom is 0.271 e. The number of hydrogen-bond acceptors (Lipinski definition) is 5. The molecule has 3 aromatic heterocycles. The van der Waals surface area contributed by atoms with E-state index in [-0.39, 0.29) is 12.5 Å². The molecule has 0 aliphatic rings. The third-order valence-corrected chi connectivity index (χ3v) is 4.44. The van der Waals surface area contributed by atoms with Crippen LogP contribution in [-0.4, -0.2) is 32.3 Å². The number of nitrogens with zero attached hydrogens (tertiary/aromatic N) is 3. The summed E-state index contributed by atoms with van der Waals surface area (Å²) in [5.74, 6) is -0.294. The number of hydrogen-bond donors (Lipinski definition) is 2. The third kappa shape index (κ3) is 2.72. The molecule has 0 aliphatic carbocycles. The van der Waals surface area contributed by atoms with Crippen molar-refractivity contribution in [3.8, 4) is 0 Å². The van der Waals surface area contributed by atoms with E-state index < -0.39 is 5.60 Å². The van der Waals surface area contributed by atoms with E-state index in [1.165, 1.54) is 11.3 Å². The van der Waals surface area contributed by atoms with Gasteiger partial charge in [-0.15, -0.1) is 11.3 Å². The summed E-state index contributed by atoms with van der Waals surface area (Å²) in [6.45, 7) is 1.73. The van der Waals surface area contributed by atoms with E-state index in [4.69, 9.17) is 0 Å². The molecule has 3 rings (SSSR count). The van der Waals surface area contributed by atoms with Crippen molar-refractivity contribution in [3.05, 3.63) is 47.4 Å². The highest BCUT2D eigenvalue weighted by molar-refractivity contribution is 7.17. The number of nitrogens with one attached hydrogen (secondary N) is 1. The predicted octanol–water partition coefficient (Wildman–Crippen LogP) is 1.67. The first-order chi connectivity index (χ1) is 10.5. The molecule has 3 aromatic rings. The molecule has 7 heteroatoms. The van der Waals surface area contributed by atoms with Crippen molar-refractivity contribution >= 4 is 27.3 Å². The quantitative estimate of drug-likeness (QED) is 0.767. The average molecular weight is 316 g/mol. The number of aliphatic hydroxyl groups is 1. The standard InChI is InChI=1S/C15H16N4O2S/c1-15(21,11-7-18-19(2)8-11)9-17-14(20)12-13-10(3-5-16-12)4-6-22-13/h3-8,21H,9H2,1-2H3,(H,17,20). The number of pyridine rings is 1. The van der Waals surface area contributed by atoms with Gasteiger partial charge in [0.05, 0.1) is 17.4 Å². The van der Waals surface area contributed by atoms with Gasteiger partial charge in [-0.25, -0.2) is 4.98 Å². The molecule has 1 atom stereocenters. The number of aryl methyl sites for hydroxylation is 1. The summed E-state index contributed by atoms with van der Waals surface area (Å²) >= 11 is 1.48. The maximum atomic E-state index is 12.3. The fourth-order valence-electron chi connectivity index (χ4n) is 2.19. The lowest BCUT2D eigenvalue weighted by Crippen LogP contribution is -2.38. The first-order valence-electron chi connectivity index (χ1n) is 6.79. The van der Waals surface area contributed by atoms with E-state index in [0.29, 0.717) is 11.3 Å². The Morgan fingerprint density at radius 1 is 1.50 bits per heavy atom. The summed E-state index contributed by atoms with van der Waals surface area (Å²) in [6.07, 6.45) is 4.93. The maximum absolute atomic E-state index is 12.3. The van der Waals surface area contributed by atoms with Crippen molar-refractivity contribution in [2.24, 2.45) is 7.05 Å². The second-order valence-corrected chi connectivity index (χ2v) is 6.27. The summed E-state index contributed by atoms with van der Waals surface area (Å²) in [5, 5.41) is 20.2. The molecule has 1 unspecified atom stereocenters. The second-order valence-electron chi connectivity index (χ2n) is 5.36. The molecule has 0 aliphatic heterocycles. The number of aromatic nitrogens is 3. The normalized spacial score (nSPS) is 14.0. The lowest BCUT2D eigenvalue weighted by Gasteiger charge is -2.22. The van der Waals surface area contributed by atoms with Crippen LogP contribution in [0.1, 0.15) is 23.0 Å². The molecular formula is C15H16N4O2S. The Balaban J connectivity index is 1.76. The molecule has 2 N–H and O–H groups in total. The highest BCUT2D eigenvalue weighted by Gasteiger charge is 2.26. The van der Waals surface area contributed by atoms with Gasteiger partial charge in [0.1, 0.15) is 11.3 Å². The van der Waals surface area contributed by atoms with E-state index in [9.17, 15) is 9.90 Å². The van der Waals surface area contributed by atoms with E-state index in [0.717, 1.165) is 10.1 Å². The van der Waals surface area contributed by atoms with Crippen LogP contribution in [0.25, 0.3) is 10.1 Å². The van der Waals surface area contributed by atoms with Crippen LogP contribution in [0.3, 0.4) is 0 Å². The lowest BCUT2D eigenvalue weighted by molar-refractivity contribution is 0.0525. The molecule has 0 saturated carbocycles. The lowest BCUT2D eigenvalue weighted by atomic mass is 10.00. The van der Waals surface area contributed by atoms with Gasteiger partial charge in [-0.3, -0.25) is 9.48 Å². The Morgan fingerprint density at radius 3 is 3.05 bits per heavy atom. The molecule has 114 valence electrons. The topological polar surface area (TPSA) is 80.0 Å². The van der Waals surface area contributed by atoms with Gasteiger partial charge in [0.15, 0.2) is 0 Å². The minimum Gasteiger partial charge on any atom is -0.383 e. The van der Waals surface area contributed by atoms with Gasteiger partial charge in [0, 0.05) is 25.0 Å². The summed E-state index contributed by atoms with van der Waals surface area (Å²) in [6, 6.07) is 3.82. The van der Waals surface area contributed by atoms with Crippen LogP contribution in [0.15, 0.2) is 36.1 Å². The molecule has 0 bridgehead atoms. The Bertz CT molecular complexity index is 822. The molecule has 1 amide bonds. The minimum atomic E-state index is -1.19. The van der Waals surface area contributed by atoms with Crippen molar-refractivity contribution < 1.29 is 9.90 Å². The first-order valence-corrected chi connectivity index (χ1v) is 7.67. The van der Waals surface area contributed by atoms with Gasteiger partial charge in [-0.1, -0.05) is 0 Å². The summed E-state index contributed by atoms with van der Waals surface area (Å²) in [7, 11) is 1.78. The summed E-state index contributed by atoms with van der Waals surface area (Å²) in [4.78, 5) is 16.5. The van der Waals surface area contributed by atoms with Crippen molar-refractivity contribution in [1.82, 2.24) is 20.1 Å². The Hall–Kier alpha value is -2.25. The molecular weight excluding hydrogens is 300 g/mol. The fourth-order valence-corrected chi connectivity index (χ4v) is 3.07. The van der Waals surface area contributed by atoms with Crippen LogP contribution in [0.4, 0.5) is 0 Å². The van der Waals surface area contributed by atoms with Gasteiger partial charge in [-0.05, 0) is 29.8 Å². The first kappa shape index (κ1) is 14.7. The smallest absolute Gasteiger partial charge is 0.271 e.